The fourth-order valence-corrected chi connectivity index (χ4v) is 7.37. The predicted molar refractivity (Wildman–Crippen MR) is 231 cm³/mol. The monoisotopic (exact) mass is 876 g/mol. The van der Waals surface area contributed by atoms with Gasteiger partial charge in [-0.15, -0.1) is 0 Å². The number of rotatable bonds is 4. The first-order valence-corrected chi connectivity index (χ1v) is 19.7. The Hall–Kier alpha value is -2.30. The summed E-state index contributed by atoms with van der Waals surface area (Å²) in [6.07, 6.45) is 2.24. The number of amides is 2. The van der Waals surface area contributed by atoms with E-state index >= 15 is 0 Å². The number of ether oxygens (including phenoxy) is 4. The molecule has 3 heterocycles. The zero-order chi connectivity index (χ0) is 43.8. The number of hydrogen-bond acceptors (Lipinski definition) is 11. The topological polar surface area (TPSA) is 161 Å². The van der Waals surface area contributed by atoms with Gasteiger partial charge in [-0.2, -0.15) is 5.06 Å². The molecule has 338 valence electrons. The van der Waals surface area contributed by atoms with Crippen LogP contribution in [-0.4, -0.2) is 96.1 Å². The normalized spacial score (nSPS) is 23.4. The number of halogens is 1. The molecule has 4 atom stereocenters. The maximum absolute atomic E-state index is 12.5. The molecule has 3 aliphatic heterocycles. The van der Waals surface area contributed by atoms with Gasteiger partial charge in [0, 0.05) is 11.1 Å². The van der Waals surface area contributed by atoms with E-state index in [1.807, 2.05) is 95.3 Å². The van der Waals surface area contributed by atoms with Gasteiger partial charge >= 0.3 is 41.7 Å². The summed E-state index contributed by atoms with van der Waals surface area (Å²) >= 11 is 3.39. The number of carbonyl (C=O) groups is 3. The van der Waals surface area contributed by atoms with Crippen molar-refractivity contribution in [2.75, 3.05) is 6.61 Å². The van der Waals surface area contributed by atoms with Crippen molar-refractivity contribution in [3.05, 3.63) is 71.8 Å². The molecular weight excluding hydrogens is 801 g/mol. The summed E-state index contributed by atoms with van der Waals surface area (Å²) in [7, 11) is 0. The van der Waals surface area contributed by atoms with Gasteiger partial charge in [-0.05, 0) is 127 Å². The Labute approximate surface area is 388 Å². The van der Waals surface area contributed by atoms with E-state index in [0.29, 0.717) is 0 Å². The first kappa shape index (κ1) is 59.8. The van der Waals surface area contributed by atoms with Gasteiger partial charge in [-0.1, -0.05) is 75.5 Å². The fourth-order valence-electron chi connectivity index (χ4n) is 7.37. The molecule has 0 aromatic heterocycles. The number of nitrogens with zero attached hydrogens (tertiary/aromatic N) is 3. The first-order chi connectivity index (χ1) is 26.2. The van der Waals surface area contributed by atoms with Gasteiger partial charge in [-0.25, -0.2) is 21.5 Å². The Bertz CT molecular complexity index is 1570. The standard InChI is InChI=1S/C17H25NO4.C17H23NO4.C9H19NO.2CH4.ClO.Na/c2*1-16(2,3)22-15(20)18-13(11-19)14(21-17(18,4)5)12-9-7-6-8-10-12;1-8(2)6-5-7-9(3,4)10(8)11;;;1-2;/h6-10,13-14,19H,11H2,1-5H3;6-11,13-14H,1-5H3;11H,5-7H2,1-4H3;2*1H4;;/q;;;;;-1;+1/t2*13-,14-;;;;;/m11...../s1. The van der Waals surface area contributed by atoms with Crippen LogP contribution in [0, 0.1) is 0 Å². The Morgan fingerprint density at radius 1 is 0.733 bits per heavy atom. The van der Waals surface area contributed by atoms with Gasteiger partial charge < -0.3 is 38.7 Å². The number of benzene rings is 2. The third-order valence-electron chi connectivity index (χ3n) is 9.77. The Morgan fingerprint density at radius 2 is 1.08 bits per heavy atom. The van der Waals surface area contributed by atoms with Gasteiger partial charge in [-0.3, -0.25) is 9.80 Å². The summed E-state index contributed by atoms with van der Waals surface area (Å²) in [5.41, 5.74) is -1.29. The molecule has 0 bridgehead atoms. The predicted octanol–water partition coefficient (Wildman–Crippen LogP) is 6.59. The smallest absolute Gasteiger partial charge is 0.769 e. The van der Waals surface area contributed by atoms with E-state index in [4.69, 9.17) is 23.6 Å². The van der Waals surface area contributed by atoms with Crippen LogP contribution >= 0.6 is 11.9 Å². The second-order valence-corrected chi connectivity index (χ2v) is 18.7. The third kappa shape index (κ3) is 16.1. The molecule has 5 rings (SSSR count). The van der Waals surface area contributed by atoms with E-state index in [2.05, 4.69) is 39.6 Å². The fraction of sp³-hybridized carbons (Fsp3) is 0.667. The molecule has 15 heteroatoms. The largest absolute Gasteiger partial charge is 1.00 e. The van der Waals surface area contributed by atoms with Gasteiger partial charge in [0.1, 0.15) is 47.2 Å². The summed E-state index contributed by atoms with van der Waals surface area (Å²) in [6.45, 7) is 26.1. The van der Waals surface area contributed by atoms with Crippen molar-refractivity contribution in [2.24, 2.45) is 0 Å². The van der Waals surface area contributed by atoms with Crippen LogP contribution in [0.15, 0.2) is 60.7 Å². The summed E-state index contributed by atoms with van der Waals surface area (Å²) in [5.74, 6) is 0. The van der Waals surface area contributed by atoms with Crippen LogP contribution in [-0.2, 0) is 23.7 Å². The van der Waals surface area contributed by atoms with Crippen LogP contribution in [0.25, 0.3) is 0 Å². The van der Waals surface area contributed by atoms with Gasteiger partial charge in [0.15, 0.2) is 0 Å². The number of piperidine rings is 1. The Kier molecular flexibility index (Phi) is 23.9. The molecule has 2 amide bonds. The van der Waals surface area contributed by atoms with E-state index in [9.17, 15) is 24.7 Å². The van der Waals surface area contributed by atoms with Gasteiger partial charge in [0.05, 0.1) is 12.6 Å². The number of hydroxylamine groups is 2. The van der Waals surface area contributed by atoms with Gasteiger partial charge in [0.2, 0.25) is 0 Å². The molecular formula is C45H75ClN3NaO10. The molecule has 3 saturated heterocycles. The molecule has 0 aliphatic carbocycles. The molecule has 3 aliphatic rings. The van der Waals surface area contributed by atoms with Crippen molar-refractivity contribution in [3.63, 3.8) is 0 Å². The van der Waals surface area contributed by atoms with Crippen LogP contribution in [0.5, 0.6) is 0 Å². The molecule has 0 saturated carbocycles. The second kappa shape index (κ2) is 24.0. The molecule has 2 aromatic rings. The summed E-state index contributed by atoms with van der Waals surface area (Å²) < 4.78 is 30.6. The quantitative estimate of drug-likeness (QED) is 0.252. The number of aldehydes is 1. The van der Waals surface area contributed by atoms with E-state index in [0.717, 1.165) is 30.3 Å². The van der Waals surface area contributed by atoms with Crippen molar-refractivity contribution in [3.8, 4) is 0 Å². The van der Waals surface area contributed by atoms with Crippen molar-refractivity contribution in [1.29, 1.82) is 0 Å². The van der Waals surface area contributed by atoms with Crippen molar-refractivity contribution >= 4 is 30.3 Å². The van der Waals surface area contributed by atoms with E-state index in [-0.39, 0.29) is 68.2 Å². The molecule has 3 fully saturated rings. The minimum Gasteiger partial charge on any atom is -0.769 e. The van der Waals surface area contributed by atoms with Crippen molar-refractivity contribution in [1.82, 2.24) is 14.9 Å². The van der Waals surface area contributed by atoms with Crippen LogP contribution < -0.4 is 34.2 Å². The maximum Gasteiger partial charge on any atom is 1.00 e. The minimum atomic E-state index is -0.922. The number of carbonyl (C=O) groups excluding carboxylic acids is 3. The van der Waals surface area contributed by atoms with Crippen LogP contribution in [0.4, 0.5) is 9.59 Å². The maximum atomic E-state index is 12.5. The average Bonchev–Trinajstić information content (AvgIpc) is 3.55. The van der Waals surface area contributed by atoms with Crippen LogP contribution in [0.2, 0.25) is 0 Å². The van der Waals surface area contributed by atoms with Gasteiger partial charge in [0.25, 0.3) is 0 Å². The first-order valence-electron chi connectivity index (χ1n) is 19.4. The van der Waals surface area contributed by atoms with Crippen molar-refractivity contribution in [2.45, 2.75) is 189 Å². The van der Waals surface area contributed by atoms with E-state index in [1.165, 1.54) is 21.3 Å². The van der Waals surface area contributed by atoms with Crippen LogP contribution in [0.1, 0.15) is 154 Å². The number of aliphatic hydroxyl groups excluding tert-OH is 1. The molecule has 0 radical (unpaired) electrons. The molecule has 0 unspecified atom stereocenters. The SMILES string of the molecule is C.C.CC(C)(C)OC(=O)N1[C@H](C=O)[C@@H](c2ccccc2)OC1(C)C.CC(C)(C)OC(=O)N1[C@H](CO)[C@@H](c2ccccc2)OC1(C)C.CC1(C)CCCC(C)(C)N1O.[Na+].[O-]Cl. The number of hydrogen-bond donors (Lipinski definition) is 2. The zero-order valence-corrected chi connectivity index (χ0v) is 40.1. The molecule has 13 nitrogen and oxygen atoms in total. The minimum absolute atomic E-state index is 0. The zero-order valence-electron chi connectivity index (χ0n) is 37.4. The van der Waals surface area contributed by atoms with E-state index < -0.39 is 53.0 Å². The molecule has 60 heavy (non-hydrogen) atoms. The summed E-state index contributed by atoms with van der Waals surface area (Å²) in [5, 5.41) is 21.1. The van der Waals surface area contributed by atoms with Crippen molar-refractivity contribution < 1.29 is 77.9 Å². The van der Waals surface area contributed by atoms with E-state index in [1.54, 1.807) is 34.6 Å². The Morgan fingerprint density at radius 3 is 1.43 bits per heavy atom. The number of aliphatic hydroxyl groups is 1. The molecule has 2 aromatic carbocycles. The molecule has 2 N–H and O–H groups in total. The Balaban J connectivity index is 0. The average molecular weight is 877 g/mol. The summed E-state index contributed by atoms with van der Waals surface area (Å²) in [4.78, 5) is 39.5. The molecule has 0 spiro atoms. The summed E-state index contributed by atoms with van der Waals surface area (Å²) in [6, 6.07) is 17.8. The third-order valence-corrected chi connectivity index (χ3v) is 9.77. The second-order valence-electron chi connectivity index (χ2n) is 18.7. The van der Waals surface area contributed by atoms with Crippen LogP contribution in [0.3, 0.4) is 0 Å².